The molecule has 0 saturated carbocycles. The highest BCUT2D eigenvalue weighted by atomic mass is 79.9. The molecule has 106 valence electrons. The Balaban J connectivity index is 2.45. The van der Waals surface area contributed by atoms with E-state index in [0.717, 1.165) is 23.4 Å². The van der Waals surface area contributed by atoms with E-state index in [9.17, 15) is 10.1 Å². The number of rotatable bonds is 4. The lowest BCUT2D eigenvalue weighted by atomic mass is 10.1. The third kappa shape index (κ3) is 2.72. The zero-order valence-electron chi connectivity index (χ0n) is 11.5. The molecule has 0 N–H and O–H groups in total. The minimum atomic E-state index is -0.371. The second-order valence-corrected chi connectivity index (χ2v) is 5.75. The van der Waals surface area contributed by atoms with Crippen LogP contribution in [0.2, 0.25) is 0 Å². The SMILES string of the molecule is CCC(Br)c1cn(-c2cc(C)c([N+](=O)[O-])cc2C)nn1. The maximum atomic E-state index is 10.9. The molecule has 1 heterocycles. The Labute approximate surface area is 125 Å². The van der Waals surface area contributed by atoms with Gasteiger partial charge in [-0.2, -0.15) is 0 Å². The van der Waals surface area contributed by atoms with Crippen molar-refractivity contribution >= 4 is 21.6 Å². The van der Waals surface area contributed by atoms with E-state index in [1.165, 1.54) is 0 Å². The third-order valence-corrected chi connectivity index (χ3v) is 4.27. The molecule has 20 heavy (non-hydrogen) atoms. The molecule has 1 atom stereocenters. The molecule has 0 saturated heterocycles. The van der Waals surface area contributed by atoms with E-state index in [2.05, 4.69) is 33.2 Å². The molecule has 0 aliphatic heterocycles. The predicted molar refractivity (Wildman–Crippen MR) is 79.4 cm³/mol. The van der Waals surface area contributed by atoms with Gasteiger partial charge in [-0.3, -0.25) is 10.1 Å². The minimum absolute atomic E-state index is 0.124. The summed E-state index contributed by atoms with van der Waals surface area (Å²) in [5, 5.41) is 19.1. The van der Waals surface area contributed by atoms with Gasteiger partial charge in [0.1, 0.15) is 0 Å². The molecule has 0 fully saturated rings. The van der Waals surface area contributed by atoms with Crippen LogP contribution in [0.3, 0.4) is 0 Å². The summed E-state index contributed by atoms with van der Waals surface area (Å²) < 4.78 is 1.66. The molecular formula is C13H15BrN4O2. The summed E-state index contributed by atoms with van der Waals surface area (Å²) in [7, 11) is 0. The highest BCUT2D eigenvalue weighted by molar-refractivity contribution is 9.09. The van der Waals surface area contributed by atoms with E-state index in [0.29, 0.717) is 5.56 Å². The molecule has 0 aliphatic carbocycles. The Morgan fingerprint density at radius 1 is 1.40 bits per heavy atom. The number of halogens is 1. The van der Waals surface area contributed by atoms with Crippen LogP contribution in [-0.2, 0) is 0 Å². The van der Waals surface area contributed by atoms with Gasteiger partial charge in [-0.1, -0.05) is 28.1 Å². The van der Waals surface area contributed by atoms with Crippen LogP contribution in [0.4, 0.5) is 5.69 Å². The highest BCUT2D eigenvalue weighted by Gasteiger charge is 2.16. The Morgan fingerprint density at radius 3 is 2.70 bits per heavy atom. The van der Waals surface area contributed by atoms with Gasteiger partial charge < -0.3 is 0 Å². The average Bonchev–Trinajstić information content (AvgIpc) is 2.89. The molecule has 0 spiro atoms. The fraction of sp³-hybridized carbons (Fsp3) is 0.385. The van der Waals surface area contributed by atoms with Crippen LogP contribution < -0.4 is 0 Å². The van der Waals surface area contributed by atoms with Crippen molar-refractivity contribution in [1.29, 1.82) is 0 Å². The van der Waals surface area contributed by atoms with Gasteiger partial charge in [0.05, 0.1) is 27.3 Å². The summed E-state index contributed by atoms with van der Waals surface area (Å²) in [4.78, 5) is 10.7. The second-order valence-electron chi connectivity index (χ2n) is 4.65. The predicted octanol–water partition coefficient (Wildman–Crippen LogP) is 3.64. The molecule has 0 bridgehead atoms. The van der Waals surface area contributed by atoms with Crippen molar-refractivity contribution in [2.24, 2.45) is 0 Å². The molecule has 0 amide bonds. The van der Waals surface area contributed by atoms with E-state index < -0.39 is 0 Å². The Morgan fingerprint density at radius 2 is 2.10 bits per heavy atom. The van der Waals surface area contributed by atoms with Gasteiger partial charge in [0, 0.05) is 11.6 Å². The van der Waals surface area contributed by atoms with E-state index in [1.807, 2.05) is 13.1 Å². The average molecular weight is 339 g/mol. The number of nitro benzene ring substituents is 1. The lowest BCUT2D eigenvalue weighted by Crippen LogP contribution is -2.01. The summed E-state index contributed by atoms with van der Waals surface area (Å²) in [6.45, 7) is 5.60. The van der Waals surface area contributed by atoms with Gasteiger partial charge in [0.2, 0.25) is 0 Å². The number of aromatic nitrogens is 3. The van der Waals surface area contributed by atoms with Crippen molar-refractivity contribution in [2.75, 3.05) is 0 Å². The largest absolute Gasteiger partial charge is 0.272 e. The van der Waals surface area contributed by atoms with Gasteiger partial charge in [-0.15, -0.1) is 5.10 Å². The minimum Gasteiger partial charge on any atom is -0.258 e. The standard InChI is InChI=1S/C13H15BrN4O2/c1-4-10(14)11-7-17(16-15-11)12-5-9(3)13(18(19)20)6-8(12)2/h5-7,10H,4H2,1-3H3. The molecule has 2 rings (SSSR count). The lowest BCUT2D eigenvalue weighted by molar-refractivity contribution is -0.385. The molecule has 1 aromatic heterocycles. The number of benzene rings is 1. The normalized spacial score (nSPS) is 12.4. The molecule has 0 radical (unpaired) electrons. The summed E-state index contributed by atoms with van der Waals surface area (Å²) in [6, 6.07) is 3.33. The quantitative estimate of drug-likeness (QED) is 0.484. The van der Waals surface area contributed by atoms with Gasteiger partial charge in [-0.25, -0.2) is 4.68 Å². The van der Waals surface area contributed by atoms with Crippen molar-refractivity contribution in [1.82, 2.24) is 15.0 Å². The molecule has 1 unspecified atom stereocenters. The van der Waals surface area contributed by atoms with E-state index in [1.54, 1.807) is 23.7 Å². The lowest BCUT2D eigenvalue weighted by Gasteiger charge is -2.07. The first-order valence-electron chi connectivity index (χ1n) is 6.26. The molecule has 6 nitrogen and oxygen atoms in total. The number of hydrogen-bond donors (Lipinski definition) is 0. The third-order valence-electron chi connectivity index (χ3n) is 3.15. The second kappa shape index (κ2) is 5.70. The number of nitrogens with zero attached hydrogens (tertiary/aromatic N) is 4. The molecule has 1 aromatic carbocycles. The van der Waals surface area contributed by atoms with Crippen molar-refractivity contribution < 1.29 is 4.92 Å². The van der Waals surface area contributed by atoms with Gasteiger partial charge in [0.25, 0.3) is 5.69 Å². The number of alkyl halides is 1. The summed E-state index contributed by atoms with van der Waals surface area (Å²) in [5.41, 5.74) is 3.18. The maximum absolute atomic E-state index is 10.9. The fourth-order valence-electron chi connectivity index (χ4n) is 1.98. The first kappa shape index (κ1) is 14.6. The van der Waals surface area contributed by atoms with Gasteiger partial charge >= 0.3 is 0 Å². The Bertz CT molecular complexity index is 654. The zero-order valence-corrected chi connectivity index (χ0v) is 13.1. The molecule has 7 heteroatoms. The summed E-state index contributed by atoms with van der Waals surface area (Å²) in [6.07, 6.45) is 2.76. The fourth-order valence-corrected chi connectivity index (χ4v) is 2.19. The number of nitro groups is 1. The van der Waals surface area contributed by atoms with Crippen LogP contribution >= 0.6 is 15.9 Å². The molecule has 0 aliphatic rings. The van der Waals surface area contributed by atoms with Crippen LogP contribution in [0.1, 0.15) is 35.0 Å². The topological polar surface area (TPSA) is 73.8 Å². The van der Waals surface area contributed by atoms with E-state index in [4.69, 9.17) is 0 Å². The first-order valence-corrected chi connectivity index (χ1v) is 7.18. The van der Waals surface area contributed by atoms with Crippen molar-refractivity contribution in [3.05, 3.63) is 45.3 Å². The van der Waals surface area contributed by atoms with Crippen LogP contribution in [-0.4, -0.2) is 19.9 Å². The Hall–Kier alpha value is -1.76. The van der Waals surface area contributed by atoms with Gasteiger partial charge in [-0.05, 0) is 31.9 Å². The zero-order chi connectivity index (χ0) is 14.9. The van der Waals surface area contributed by atoms with Crippen molar-refractivity contribution in [3.63, 3.8) is 0 Å². The summed E-state index contributed by atoms with van der Waals surface area (Å²) >= 11 is 3.53. The van der Waals surface area contributed by atoms with E-state index >= 15 is 0 Å². The first-order chi connectivity index (χ1) is 9.43. The van der Waals surface area contributed by atoms with Crippen molar-refractivity contribution in [3.8, 4) is 5.69 Å². The van der Waals surface area contributed by atoms with Crippen LogP contribution in [0.5, 0.6) is 0 Å². The van der Waals surface area contributed by atoms with Crippen LogP contribution in [0.15, 0.2) is 18.3 Å². The molecule has 2 aromatic rings. The van der Waals surface area contributed by atoms with E-state index in [-0.39, 0.29) is 15.4 Å². The molecular weight excluding hydrogens is 324 g/mol. The maximum Gasteiger partial charge on any atom is 0.272 e. The number of aryl methyl sites for hydroxylation is 2. The van der Waals surface area contributed by atoms with Crippen LogP contribution in [0, 0.1) is 24.0 Å². The van der Waals surface area contributed by atoms with Gasteiger partial charge in [0.15, 0.2) is 0 Å². The monoisotopic (exact) mass is 338 g/mol. The van der Waals surface area contributed by atoms with Crippen LogP contribution in [0.25, 0.3) is 5.69 Å². The number of hydrogen-bond acceptors (Lipinski definition) is 4. The van der Waals surface area contributed by atoms with Crippen molar-refractivity contribution in [2.45, 2.75) is 32.0 Å². The smallest absolute Gasteiger partial charge is 0.258 e. The summed E-state index contributed by atoms with van der Waals surface area (Å²) in [5.74, 6) is 0. The highest BCUT2D eigenvalue weighted by Crippen LogP contribution is 2.27. The Kier molecular flexibility index (Phi) is 4.17.